The van der Waals surface area contributed by atoms with Crippen LogP contribution in [0.1, 0.15) is 6.42 Å². The summed E-state index contributed by atoms with van der Waals surface area (Å²) >= 11 is 0. The molecule has 1 saturated heterocycles. The molecule has 0 aromatic heterocycles. The minimum Gasteiger partial charge on any atom is -0.469 e. The van der Waals surface area contributed by atoms with Crippen LogP contribution in [0.15, 0.2) is 0 Å². The topological polar surface area (TPSA) is 52.6 Å². The van der Waals surface area contributed by atoms with Crippen LogP contribution in [-0.2, 0) is 19.1 Å². The molecule has 0 saturated carbocycles. The molecule has 0 aromatic rings. The third-order valence-electron chi connectivity index (χ3n) is 1.39. The number of carbonyl (C=O) groups is 2. The van der Waals surface area contributed by atoms with E-state index in [2.05, 4.69) is 9.47 Å². The summed E-state index contributed by atoms with van der Waals surface area (Å²) in [6.07, 6.45) is 0.159. The van der Waals surface area contributed by atoms with Gasteiger partial charge in [0, 0.05) is 0 Å². The van der Waals surface area contributed by atoms with Gasteiger partial charge in [0.05, 0.1) is 13.5 Å². The molecule has 1 atom stereocenters. The molecule has 1 aliphatic heterocycles. The second-order valence-corrected chi connectivity index (χ2v) is 2.11. The van der Waals surface area contributed by atoms with Gasteiger partial charge >= 0.3 is 11.9 Å². The average Bonchev–Trinajstić information content (AvgIpc) is 2.34. The Morgan fingerprint density at radius 1 is 1.80 bits per heavy atom. The molecule has 0 radical (unpaired) electrons. The van der Waals surface area contributed by atoms with Gasteiger partial charge in [0.15, 0.2) is 0 Å². The number of methoxy groups -OCH3 is 1. The van der Waals surface area contributed by atoms with Crippen LogP contribution in [-0.4, -0.2) is 25.7 Å². The molecule has 0 bridgehead atoms. The largest absolute Gasteiger partial charge is 0.469 e. The first kappa shape index (κ1) is 7.05. The first-order valence-corrected chi connectivity index (χ1v) is 2.97. The van der Waals surface area contributed by atoms with Crippen LogP contribution in [0.5, 0.6) is 0 Å². The lowest BCUT2D eigenvalue weighted by atomic mass is 10.1. The second-order valence-electron chi connectivity index (χ2n) is 2.11. The van der Waals surface area contributed by atoms with Crippen molar-refractivity contribution < 1.29 is 19.1 Å². The summed E-state index contributed by atoms with van der Waals surface area (Å²) in [4.78, 5) is 21.1. The fraction of sp³-hybridized carbons (Fsp3) is 0.667. The first-order valence-electron chi connectivity index (χ1n) is 2.97. The van der Waals surface area contributed by atoms with Gasteiger partial charge in [-0.15, -0.1) is 0 Å². The highest BCUT2D eigenvalue weighted by atomic mass is 16.6. The Hall–Kier alpha value is -1.06. The van der Waals surface area contributed by atoms with Crippen LogP contribution in [0.3, 0.4) is 0 Å². The summed E-state index contributed by atoms with van der Waals surface area (Å²) in [6, 6.07) is 0. The Balaban J connectivity index is 2.44. The van der Waals surface area contributed by atoms with E-state index in [9.17, 15) is 9.59 Å². The first-order chi connectivity index (χ1) is 4.74. The summed E-state index contributed by atoms with van der Waals surface area (Å²) in [5, 5.41) is 0. The number of esters is 2. The van der Waals surface area contributed by atoms with E-state index in [1.807, 2.05) is 0 Å². The predicted octanol–water partition coefficient (Wildman–Crippen LogP) is -0.278. The molecule has 0 spiro atoms. The Morgan fingerprint density at radius 2 is 2.50 bits per heavy atom. The predicted molar refractivity (Wildman–Crippen MR) is 31.1 cm³/mol. The monoisotopic (exact) mass is 144 g/mol. The maximum absolute atomic E-state index is 10.7. The highest BCUT2D eigenvalue weighted by Crippen LogP contribution is 2.14. The fourth-order valence-corrected chi connectivity index (χ4v) is 0.831. The van der Waals surface area contributed by atoms with Crippen molar-refractivity contribution in [3.8, 4) is 0 Å². The van der Waals surface area contributed by atoms with Crippen LogP contribution in [0, 0.1) is 5.92 Å². The maximum atomic E-state index is 10.7. The molecular formula is C6H8O4. The van der Waals surface area contributed by atoms with Crippen molar-refractivity contribution in [2.24, 2.45) is 5.92 Å². The lowest BCUT2D eigenvalue weighted by Crippen LogP contribution is -2.15. The van der Waals surface area contributed by atoms with E-state index in [1.54, 1.807) is 0 Å². The van der Waals surface area contributed by atoms with Crippen LogP contribution in [0.2, 0.25) is 0 Å². The lowest BCUT2D eigenvalue weighted by molar-refractivity contribution is -0.145. The minimum atomic E-state index is -0.377. The van der Waals surface area contributed by atoms with Gasteiger partial charge < -0.3 is 9.47 Å². The van der Waals surface area contributed by atoms with Crippen molar-refractivity contribution in [2.45, 2.75) is 6.42 Å². The highest BCUT2D eigenvalue weighted by molar-refractivity contribution is 5.82. The Labute approximate surface area is 58.1 Å². The summed E-state index contributed by atoms with van der Waals surface area (Å²) in [5.41, 5.74) is 0. The van der Waals surface area contributed by atoms with E-state index < -0.39 is 0 Å². The smallest absolute Gasteiger partial charge is 0.312 e. The van der Waals surface area contributed by atoms with E-state index in [0.717, 1.165) is 0 Å². The number of hydrogen-bond donors (Lipinski definition) is 0. The molecule has 0 unspecified atom stereocenters. The highest BCUT2D eigenvalue weighted by Gasteiger charge is 2.30. The third kappa shape index (κ3) is 1.26. The molecule has 0 aliphatic carbocycles. The van der Waals surface area contributed by atoms with Crippen molar-refractivity contribution >= 4 is 11.9 Å². The van der Waals surface area contributed by atoms with Crippen molar-refractivity contribution in [1.29, 1.82) is 0 Å². The molecule has 0 amide bonds. The molecule has 1 fully saturated rings. The van der Waals surface area contributed by atoms with Gasteiger partial charge in [-0.3, -0.25) is 9.59 Å². The molecule has 0 aromatic carbocycles. The van der Waals surface area contributed by atoms with Crippen molar-refractivity contribution in [3.05, 3.63) is 0 Å². The number of hydrogen-bond acceptors (Lipinski definition) is 4. The Bertz CT molecular complexity index is 163. The summed E-state index contributed by atoms with van der Waals surface area (Å²) < 4.78 is 8.96. The second kappa shape index (κ2) is 2.68. The van der Waals surface area contributed by atoms with E-state index in [4.69, 9.17) is 0 Å². The summed E-state index contributed by atoms with van der Waals surface area (Å²) in [5.74, 6) is -1.07. The van der Waals surface area contributed by atoms with Crippen LogP contribution >= 0.6 is 0 Å². The normalized spacial score (nSPS) is 24.1. The fourth-order valence-electron chi connectivity index (χ4n) is 0.831. The zero-order chi connectivity index (χ0) is 7.56. The number of rotatable bonds is 1. The quantitative estimate of drug-likeness (QED) is 0.475. The summed E-state index contributed by atoms with van der Waals surface area (Å²) in [7, 11) is 1.30. The molecule has 0 N–H and O–H groups in total. The van der Waals surface area contributed by atoms with Gasteiger partial charge in [0.25, 0.3) is 0 Å². The standard InChI is InChI=1S/C6H8O4/c1-9-6(8)4-2-5(7)10-3-4/h4H,2-3H2,1H3/t4-/m0/s1. The number of cyclic esters (lactones) is 1. The van der Waals surface area contributed by atoms with E-state index in [0.29, 0.717) is 0 Å². The molecule has 4 nitrogen and oxygen atoms in total. The molecule has 10 heavy (non-hydrogen) atoms. The van der Waals surface area contributed by atoms with E-state index in [1.165, 1.54) is 7.11 Å². The third-order valence-corrected chi connectivity index (χ3v) is 1.39. The van der Waals surface area contributed by atoms with Crippen LogP contribution < -0.4 is 0 Å². The minimum absolute atomic E-state index is 0.159. The van der Waals surface area contributed by atoms with Gasteiger partial charge in [-0.1, -0.05) is 0 Å². The zero-order valence-corrected chi connectivity index (χ0v) is 5.62. The van der Waals surface area contributed by atoms with Crippen molar-refractivity contribution in [2.75, 3.05) is 13.7 Å². The van der Waals surface area contributed by atoms with E-state index in [-0.39, 0.29) is 30.9 Å². The van der Waals surface area contributed by atoms with Gasteiger partial charge in [-0.05, 0) is 0 Å². The summed E-state index contributed by atoms with van der Waals surface area (Å²) in [6.45, 7) is 0.172. The SMILES string of the molecule is COC(=O)[C@@H]1COC(=O)C1. The number of ether oxygens (including phenoxy) is 2. The van der Waals surface area contributed by atoms with E-state index >= 15 is 0 Å². The molecule has 56 valence electrons. The zero-order valence-electron chi connectivity index (χ0n) is 5.62. The molecule has 1 heterocycles. The van der Waals surface area contributed by atoms with Gasteiger partial charge in [-0.2, -0.15) is 0 Å². The molecular weight excluding hydrogens is 136 g/mol. The Morgan fingerprint density at radius 3 is 2.90 bits per heavy atom. The van der Waals surface area contributed by atoms with Gasteiger partial charge in [0.1, 0.15) is 12.5 Å². The van der Waals surface area contributed by atoms with Gasteiger partial charge in [0.2, 0.25) is 0 Å². The molecule has 1 rings (SSSR count). The van der Waals surface area contributed by atoms with Crippen LogP contribution in [0.4, 0.5) is 0 Å². The lowest BCUT2D eigenvalue weighted by Gasteiger charge is -2.00. The van der Waals surface area contributed by atoms with Crippen LogP contribution in [0.25, 0.3) is 0 Å². The number of carbonyl (C=O) groups excluding carboxylic acids is 2. The van der Waals surface area contributed by atoms with Crippen molar-refractivity contribution in [3.63, 3.8) is 0 Å². The maximum Gasteiger partial charge on any atom is 0.312 e. The van der Waals surface area contributed by atoms with Crippen molar-refractivity contribution in [1.82, 2.24) is 0 Å². The Kier molecular flexibility index (Phi) is 1.89. The molecule has 4 heteroatoms. The average molecular weight is 144 g/mol. The van der Waals surface area contributed by atoms with Gasteiger partial charge in [-0.25, -0.2) is 0 Å². The molecule has 1 aliphatic rings.